The Labute approximate surface area is 111 Å². The highest BCUT2D eigenvalue weighted by Crippen LogP contribution is 2.45. The number of hydrogen-bond acceptors (Lipinski definition) is 3. The largest absolute Gasteiger partial charge is 0.497 e. The number of nitrogens with one attached hydrogen (secondary N) is 1. The fraction of sp³-hybridized carbons (Fsp3) is 0.429. The molecular formula is C14H15FN2O2. The molecule has 1 aromatic carbocycles. The van der Waals surface area contributed by atoms with Crippen LogP contribution in [0.2, 0.25) is 0 Å². The second-order valence-corrected chi connectivity index (χ2v) is 5.01. The Morgan fingerprint density at radius 1 is 1.58 bits per heavy atom. The van der Waals surface area contributed by atoms with Gasteiger partial charge >= 0.3 is 0 Å². The Morgan fingerprint density at radius 2 is 2.26 bits per heavy atom. The van der Waals surface area contributed by atoms with Crippen molar-refractivity contribution in [3.63, 3.8) is 0 Å². The van der Waals surface area contributed by atoms with Crippen molar-refractivity contribution in [1.29, 1.82) is 5.26 Å². The number of carbonyl (C=O) groups is 1. The monoisotopic (exact) mass is 262 g/mol. The van der Waals surface area contributed by atoms with E-state index < -0.39 is 17.1 Å². The minimum atomic E-state index is -1.02. The number of nitrogens with zero attached hydrogens (tertiary/aromatic N) is 1. The Kier molecular flexibility index (Phi) is 3.43. The van der Waals surface area contributed by atoms with Gasteiger partial charge in [0.2, 0.25) is 5.91 Å². The molecule has 0 radical (unpaired) electrons. The number of amides is 1. The lowest BCUT2D eigenvalue weighted by Gasteiger charge is -2.39. The summed E-state index contributed by atoms with van der Waals surface area (Å²) in [7, 11) is 1.46. The first-order valence-corrected chi connectivity index (χ1v) is 6.07. The first-order chi connectivity index (χ1) is 9.00. The summed E-state index contributed by atoms with van der Waals surface area (Å²) in [6.45, 7) is 1.98. The molecule has 1 aliphatic rings. The minimum Gasteiger partial charge on any atom is -0.497 e. The van der Waals surface area contributed by atoms with Gasteiger partial charge in [0.1, 0.15) is 17.0 Å². The fourth-order valence-electron chi connectivity index (χ4n) is 2.43. The Morgan fingerprint density at radius 3 is 2.79 bits per heavy atom. The van der Waals surface area contributed by atoms with Crippen LogP contribution >= 0.6 is 0 Å². The van der Waals surface area contributed by atoms with E-state index in [2.05, 4.69) is 5.32 Å². The maximum atomic E-state index is 13.6. The van der Waals surface area contributed by atoms with Gasteiger partial charge in [-0.1, -0.05) is 6.92 Å². The molecule has 0 saturated heterocycles. The Balaban J connectivity index is 2.17. The predicted molar refractivity (Wildman–Crippen MR) is 68.0 cm³/mol. The van der Waals surface area contributed by atoms with Crippen LogP contribution in [-0.2, 0) is 4.79 Å². The van der Waals surface area contributed by atoms with Crippen LogP contribution in [-0.4, -0.2) is 13.0 Å². The maximum absolute atomic E-state index is 13.6. The average Bonchev–Trinajstić information content (AvgIpc) is 2.37. The molecule has 0 aromatic heterocycles. The summed E-state index contributed by atoms with van der Waals surface area (Å²) in [6, 6.07) is 6.14. The van der Waals surface area contributed by atoms with Gasteiger partial charge in [-0.25, -0.2) is 4.39 Å². The molecule has 0 bridgehead atoms. The van der Waals surface area contributed by atoms with Crippen LogP contribution in [0.5, 0.6) is 5.75 Å². The molecule has 1 aromatic rings. The summed E-state index contributed by atoms with van der Waals surface area (Å²) in [6.07, 6.45) is 1.03. The molecule has 0 unspecified atom stereocenters. The average molecular weight is 262 g/mol. The molecule has 0 spiro atoms. The minimum absolute atomic E-state index is 0.0403. The van der Waals surface area contributed by atoms with Crippen molar-refractivity contribution < 1.29 is 13.9 Å². The van der Waals surface area contributed by atoms with Crippen LogP contribution in [0.25, 0.3) is 0 Å². The van der Waals surface area contributed by atoms with Crippen LogP contribution in [0.1, 0.15) is 19.8 Å². The number of rotatable bonds is 3. The van der Waals surface area contributed by atoms with Crippen LogP contribution in [0.15, 0.2) is 18.2 Å². The summed E-state index contributed by atoms with van der Waals surface area (Å²) in [4.78, 5) is 12.1. The van der Waals surface area contributed by atoms with Gasteiger partial charge in [0.25, 0.3) is 0 Å². The molecule has 4 nitrogen and oxygen atoms in total. The number of hydrogen-bond donors (Lipinski definition) is 1. The van der Waals surface area contributed by atoms with E-state index in [0.717, 1.165) is 0 Å². The topological polar surface area (TPSA) is 62.1 Å². The number of nitriles is 1. The van der Waals surface area contributed by atoms with Crippen LogP contribution < -0.4 is 10.1 Å². The SMILES string of the molecule is COc1ccc(F)c(NC(=O)C2(C#N)CC(C)C2)c1. The van der Waals surface area contributed by atoms with E-state index in [0.29, 0.717) is 24.5 Å². The van der Waals surface area contributed by atoms with E-state index in [1.54, 1.807) is 0 Å². The maximum Gasteiger partial charge on any atom is 0.244 e. The zero-order chi connectivity index (χ0) is 14.0. The molecule has 1 fully saturated rings. The lowest BCUT2D eigenvalue weighted by atomic mass is 9.63. The van der Waals surface area contributed by atoms with Gasteiger partial charge in [-0.05, 0) is 30.9 Å². The lowest BCUT2D eigenvalue weighted by molar-refractivity contribution is -0.128. The summed E-state index contributed by atoms with van der Waals surface area (Å²) < 4.78 is 18.6. The summed E-state index contributed by atoms with van der Waals surface area (Å²) >= 11 is 0. The van der Waals surface area contributed by atoms with Crippen molar-refractivity contribution in [3.8, 4) is 11.8 Å². The smallest absolute Gasteiger partial charge is 0.244 e. The third kappa shape index (κ3) is 2.39. The normalized spacial score (nSPS) is 25.1. The molecule has 0 heterocycles. The van der Waals surface area contributed by atoms with Crippen molar-refractivity contribution in [3.05, 3.63) is 24.0 Å². The number of carbonyl (C=O) groups excluding carboxylic acids is 1. The molecule has 1 saturated carbocycles. The number of ether oxygens (including phenoxy) is 1. The van der Waals surface area contributed by atoms with Gasteiger partial charge in [-0.15, -0.1) is 0 Å². The number of benzene rings is 1. The van der Waals surface area contributed by atoms with E-state index in [1.807, 2.05) is 13.0 Å². The zero-order valence-corrected chi connectivity index (χ0v) is 10.9. The molecule has 19 heavy (non-hydrogen) atoms. The summed E-state index contributed by atoms with van der Waals surface area (Å²) in [5.74, 6) is -0.194. The first-order valence-electron chi connectivity index (χ1n) is 6.07. The number of halogens is 1. The third-order valence-corrected chi connectivity index (χ3v) is 3.46. The van der Waals surface area contributed by atoms with Crippen molar-refractivity contribution in [1.82, 2.24) is 0 Å². The highest BCUT2D eigenvalue weighted by Gasteiger charge is 2.49. The van der Waals surface area contributed by atoms with Crippen LogP contribution in [0.3, 0.4) is 0 Å². The fourth-order valence-corrected chi connectivity index (χ4v) is 2.43. The molecule has 0 atom stereocenters. The van der Waals surface area contributed by atoms with E-state index in [4.69, 9.17) is 10.00 Å². The van der Waals surface area contributed by atoms with Gasteiger partial charge in [-0.2, -0.15) is 5.26 Å². The van der Waals surface area contributed by atoms with E-state index in [-0.39, 0.29) is 5.69 Å². The standard InChI is InChI=1S/C14H15FN2O2/c1-9-6-14(7-9,8-16)13(18)17-12-5-10(19-2)3-4-11(12)15/h3-5,9H,6-7H2,1-2H3,(H,17,18). The Bertz CT molecular complexity index is 545. The van der Waals surface area contributed by atoms with E-state index in [1.165, 1.54) is 25.3 Å². The molecule has 2 rings (SSSR count). The van der Waals surface area contributed by atoms with Crippen molar-refractivity contribution in [2.75, 3.05) is 12.4 Å². The zero-order valence-electron chi connectivity index (χ0n) is 10.9. The van der Waals surface area contributed by atoms with Crippen LogP contribution in [0.4, 0.5) is 10.1 Å². The molecule has 1 aliphatic carbocycles. The molecule has 0 aliphatic heterocycles. The molecule has 1 N–H and O–H groups in total. The van der Waals surface area contributed by atoms with Gasteiger partial charge in [0.05, 0.1) is 18.9 Å². The van der Waals surface area contributed by atoms with Gasteiger partial charge < -0.3 is 10.1 Å². The molecular weight excluding hydrogens is 247 g/mol. The third-order valence-electron chi connectivity index (χ3n) is 3.46. The summed E-state index contributed by atoms with van der Waals surface area (Å²) in [5, 5.41) is 11.6. The highest BCUT2D eigenvalue weighted by molar-refractivity contribution is 5.98. The highest BCUT2D eigenvalue weighted by atomic mass is 19.1. The van der Waals surface area contributed by atoms with Crippen LogP contribution in [0, 0.1) is 28.5 Å². The van der Waals surface area contributed by atoms with Gasteiger partial charge in [0.15, 0.2) is 0 Å². The number of methoxy groups -OCH3 is 1. The lowest BCUT2D eigenvalue weighted by Crippen LogP contribution is -2.45. The summed E-state index contributed by atoms with van der Waals surface area (Å²) in [5.41, 5.74) is -0.979. The molecule has 100 valence electrons. The molecule has 1 amide bonds. The Hall–Kier alpha value is -2.09. The second kappa shape index (κ2) is 4.88. The first kappa shape index (κ1) is 13.3. The van der Waals surface area contributed by atoms with Gasteiger partial charge in [0, 0.05) is 6.07 Å². The van der Waals surface area contributed by atoms with E-state index in [9.17, 15) is 9.18 Å². The van der Waals surface area contributed by atoms with Crippen molar-refractivity contribution >= 4 is 11.6 Å². The van der Waals surface area contributed by atoms with Crippen molar-refractivity contribution in [2.45, 2.75) is 19.8 Å². The number of anilines is 1. The predicted octanol–water partition coefficient (Wildman–Crippen LogP) is 2.71. The van der Waals surface area contributed by atoms with Gasteiger partial charge in [-0.3, -0.25) is 4.79 Å². The second-order valence-electron chi connectivity index (χ2n) is 5.01. The molecule has 5 heteroatoms. The van der Waals surface area contributed by atoms with E-state index >= 15 is 0 Å². The quantitative estimate of drug-likeness (QED) is 0.911. The van der Waals surface area contributed by atoms with Crippen molar-refractivity contribution in [2.24, 2.45) is 11.3 Å².